The van der Waals surface area contributed by atoms with Gasteiger partial charge in [-0.1, -0.05) is 19.1 Å². The number of amides is 1. The molecular weight excluding hydrogens is 331 g/mol. The van der Waals surface area contributed by atoms with E-state index in [0.29, 0.717) is 25.3 Å². The van der Waals surface area contributed by atoms with Gasteiger partial charge in [-0.25, -0.2) is 4.39 Å². The maximum Gasteiger partial charge on any atom is 0.236 e. The molecular formula is C21H29FN2O2. The van der Waals surface area contributed by atoms with Gasteiger partial charge < -0.3 is 10.0 Å². The molecule has 1 aromatic carbocycles. The van der Waals surface area contributed by atoms with Crippen LogP contribution in [0.3, 0.4) is 0 Å². The highest BCUT2D eigenvalue weighted by molar-refractivity contribution is 5.78. The smallest absolute Gasteiger partial charge is 0.236 e. The molecule has 5 heteroatoms. The number of carbonyl (C=O) groups is 1. The lowest BCUT2D eigenvalue weighted by molar-refractivity contribution is -0.137. The molecule has 1 aromatic rings. The Labute approximate surface area is 155 Å². The first kappa shape index (κ1) is 17.9. The number of benzene rings is 1. The van der Waals surface area contributed by atoms with E-state index in [9.17, 15) is 14.3 Å². The van der Waals surface area contributed by atoms with Crippen molar-refractivity contribution in [2.75, 3.05) is 19.6 Å². The van der Waals surface area contributed by atoms with Crippen molar-refractivity contribution >= 4 is 5.91 Å². The molecule has 3 fully saturated rings. The summed E-state index contributed by atoms with van der Waals surface area (Å²) in [7, 11) is 0. The van der Waals surface area contributed by atoms with Crippen LogP contribution in [-0.4, -0.2) is 52.5 Å². The number of carbonyl (C=O) groups excluding carboxylic acids is 1. The third kappa shape index (κ3) is 3.39. The van der Waals surface area contributed by atoms with E-state index in [4.69, 9.17) is 0 Å². The molecule has 4 nitrogen and oxygen atoms in total. The summed E-state index contributed by atoms with van der Waals surface area (Å²) in [6, 6.07) is 6.70. The predicted molar refractivity (Wildman–Crippen MR) is 98.0 cm³/mol. The zero-order valence-corrected chi connectivity index (χ0v) is 15.5. The van der Waals surface area contributed by atoms with E-state index in [1.807, 2.05) is 4.90 Å². The lowest BCUT2D eigenvalue weighted by atomic mass is 9.80. The fourth-order valence-electron chi connectivity index (χ4n) is 5.24. The standard InChI is InChI=1S/C21H29FN2O2/c1-15-3-2-10-23(13-15)20(25)14-24-18-8-9-19(24)12-21(26,11-18)16-4-6-17(22)7-5-16/h4-7,15,18-19,26H,2-3,8-14H2,1H3/t15-,18-,19+,21?/m1/s1. The number of halogens is 1. The Morgan fingerprint density at radius 2 is 1.85 bits per heavy atom. The largest absolute Gasteiger partial charge is 0.385 e. The molecule has 2 bridgehead atoms. The van der Waals surface area contributed by atoms with Crippen molar-refractivity contribution < 1.29 is 14.3 Å². The summed E-state index contributed by atoms with van der Waals surface area (Å²) in [6.07, 6.45) is 5.61. The lowest BCUT2D eigenvalue weighted by Gasteiger charge is -2.44. The highest BCUT2D eigenvalue weighted by Crippen LogP contribution is 2.45. The predicted octanol–water partition coefficient (Wildman–Crippen LogP) is 2.90. The van der Waals surface area contributed by atoms with E-state index in [-0.39, 0.29) is 23.8 Å². The van der Waals surface area contributed by atoms with Crippen molar-refractivity contribution in [3.05, 3.63) is 35.6 Å². The summed E-state index contributed by atoms with van der Waals surface area (Å²) in [5, 5.41) is 11.2. The number of hydrogen-bond donors (Lipinski definition) is 1. The average Bonchev–Trinajstić information content (AvgIpc) is 2.86. The van der Waals surface area contributed by atoms with E-state index in [2.05, 4.69) is 11.8 Å². The molecule has 1 amide bonds. The highest BCUT2D eigenvalue weighted by Gasteiger charge is 2.48. The molecule has 0 aliphatic carbocycles. The zero-order chi connectivity index (χ0) is 18.3. The van der Waals surface area contributed by atoms with Crippen LogP contribution in [-0.2, 0) is 10.4 Å². The van der Waals surface area contributed by atoms with E-state index >= 15 is 0 Å². The van der Waals surface area contributed by atoms with Crippen molar-refractivity contribution in [3.63, 3.8) is 0 Å². The van der Waals surface area contributed by atoms with Crippen molar-refractivity contribution in [2.45, 2.75) is 63.1 Å². The third-order valence-electron chi connectivity index (χ3n) is 6.63. The molecule has 3 heterocycles. The normalized spacial score (nSPS) is 34.9. The second-order valence-corrected chi connectivity index (χ2v) is 8.59. The summed E-state index contributed by atoms with van der Waals surface area (Å²) in [5.41, 5.74) is -0.106. The second kappa shape index (κ2) is 6.93. The van der Waals surface area contributed by atoms with Gasteiger partial charge in [-0.2, -0.15) is 0 Å². The van der Waals surface area contributed by atoms with E-state index in [1.54, 1.807) is 12.1 Å². The number of fused-ring (bicyclic) bond motifs is 2. The molecule has 1 unspecified atom stereocenters. The topological polar surface area (TPSA) is 43.8 Å². The minimum Gasteiger partial charge on any atom is -0.385 e. The second-order valence-electron chi connectivity index (χ2n) is 8.59. The Balaban J connectivity index is 1.43. The fraction of sp³-hybridized carbons (Fsp3) is 0.667. The molecule has 0 radical (unpaired) electrons. The van der Waals surface area contributed by atoms with Gasteiger partial charge in [0.15, 0.2) is 0 Å². The average molecular weight is 360 g/mol. The molecule has 1 N–H and O–H groups in total. The first-order valence-electron chi connectivity index (χ1n) is 9.96. The molecule has 3 aliphatic rings. The first-order chi connectivity index (χ1) is 12.4. The number of likely N-dealkylation sites (tertiary alicyclic amines) is 1. The summed E-state index contributed by atoms with van der Waals surface area (Å²) < 4.78 is 13.2. The molecule has 3 saturated heterocycles. The van der Waals surface area contributed by atoms with E-state index in [0.717, 1.165) is 37.9 Å². The minimum atomic E-state index is -0.904. The van der Waals surface area contributed by atoms with Gasteiger partial charge in [0.2, 0.25) is 5.91 Å². The first-order valence-corrected chi connectivity index (χ1v) is 9.96. The molecule has 0 saturated carbocycles. The van der Waals surface area contributed by atoms with Gasteiger partial charge in [0.25, 0.3) is 0 Å². The Bertz CT molecular complexity index is 648. The van der Waals surface area contributed by atoms with Crippen molar-refractivity contribution in [3.8, 4) is 0 Å². The molecule has 0 aromatic heterocycles. The summed E-state index contributed by atoms with van der Waals surface area (Å²) in [4.78, 5) is 17.1. The number of rotatable bonds is 3. The Morgan fingerprint density at radius 1 is 1.19 bits per heavy atom. The van der Waals surface area contributed by atoms with Gasteiger partial charge in [0.05, 0.1) is 12.1 Å². The van der Waals surface area contributed by atoms with Gasteiger partial charge >= 0.3 is 0 Å². The molecule has 3 aliphatic heterocycles. The summed E-state index contributed by atoms with van der Waals surface area (Å²) in [5.74, 6) is 0.550. The van der Waals surface area contributed by atoms with Crippen LogP contribution in [0, 0.1) is 11.7 Å². The van der Waals surface area contributed by atoms with Gasteiger partial charge in [0.1, 0.15) is 5.82 Å². The molecule has 26 heavy (non-hydrogen) atoms. The monoisotopic (exact) mass is 360 g/mol. The van der Waals surface area contributed by atoms with Crippen LogP contribution in [0.2, 0.25) is 0 Å². The van der Waals surface area contributed by atoms with Crippen LogP contribution >= 0.6 is 0 Å². The summed E-state index contributed by atoms with van der Waals surface area (Å²) in [6.45, 7) is 4.45. The molecule has 0 spiro atoms. The SMILES string of the molecule is C[C@@H]1CCCN(C(=O)CN2[C@@H]3CC[C@H]2CC(O)(c2ccc(F)cc2)C3)C1. The lowest BCUT2D eigenvalue weighted by Crippen LogP contribution is -2.53. The number of hydrogen-bond acceptors (Lipinski definition) is 3. The molecule has 4 atom stereocenters. The fourth-order valence-corrected chi connectivity index (χ4v) is 5.24. The van der Waals surface area contributed by atoms with Crippen LogP contribution in [0.25, 0.3) is 0 Å². The van der Waals surface area contributed by atoms with Gasteiger partial charge in [-0.3, -0.25) is 9.69 Å². The Morgan fingerprint density at radius 3 is 2.46 bits per heavy atom. The van der Waals surface area contributed by atoms with Crippen LogP contribution < -0.4 is 0 Å². The maximum atomic E-state index is 13.2. The van der Waals surface area contributed by atoms with Gasteiger partial charge in [-0.05, 0) is 62.1 Å². The van der Waals surface area contributed by atoms with Crippen molar-refractivity contribution in [2.24, 2.45) is 5.92 Å². The Kier molecular flexibility index (Phi) is 4.78. The maximum absolute atomic E-state index is 13.2. The zero-order valence-electron chi connectivity index (χ0n) is 15.5. The van der Waals surface area contributed by atoms with Crippen LogP contribution in [0.15, 0.2) is 24.3 Å². The number of piperidine rings is 2. The number of nitrogens with zero attached hydrogens (tertiary/aromatic N) is 2. The quantitative estimate of drug-likeness (QED) is 0.901. The van der Waals surface area contributed by atoms with Crippen LogP contribution in [0.5, 0.6) is 0 Å². The Hall–Kier alpha value is -1.46. The van der Waals surface area contributed by atoms with Crippen molar-refractivity contribution in [1.82, 2.24) is 9.80 Å². The van der Waals surface area contributed by atoms with Crippen molar-refractivity contribution in [1.29, 1.82) is 0 Å². The van der Waals surface area contributed by atoms with Gasteiger partial charge in [-0.15, -0.1) is 0 Å². The van der Waals surface area contributed by atoms with E-state index < -0.39 is 5.60 Å². The summed E-state index contributed by atoms with van der Waals surface area (Å²) >= 11 is 0. The van der Waals surface area contributed by atoms with E-state index in [1.165, 1.54) is 18.6 Å². The highest BCUT2D eigenvalue weighted by atomic mass is 19.1. The minimum absolute atomic E-state index is 0.231. The molecule has 4 rings (SSSR count). The number of aliphatic hydroxyl groups is 1. The van der Waals surface area contributed by atoms with Gasteiger partial charge in [0, 0.05) is 25.2 Å². The van der Waals surface area contributed by atoms with Crippen LogP contribution in [0.1, 0.15) is 51.0 Å². The molecule has 142 valence electrons. The van der Waals surface area contributed by atoms with Crippen LogP contribution in [0.4, 0.5) is 4.39 Å². The third-order valence-corrected chi connectivity index (χ3v) is 6.63.